The number of nitrogens with zero attached hydrogens (tertiary/aromatic N) is 3. The van der Waals surface area contributed by atoms with Gasteiger partial charge in [-0.3, -0.25) is 4.79 Å². The number of aromatic nitrogens is 2. The van der Waals surface area contributed by atoms with E-state index in [1.165, 1.54) is 26.2 Å². The summed E-state index contributed by atoms with van der Waals surface area (Å²) in [5.74, 6) is 1.19. The van der Waals surface area contributed by atoms with Gasteiger partial charge >= 0.3 is 0 Å². The second-order valence-electron chi connectivity index (χ2n) is 10.0. The maximum atomic E-state index is 12.0. The minimum absolute atomic E-state index is 0.110. The van der Waals surface area contributed by atoms with Crippen LogP contribution >= 0.6 is 0 Å². The van der Waals surface area contributed by atoms with E-state index in [9.17, 15) is 4.79 Å². The van der Waals surface area contributed by atoms with Crippen LogP contribution < -0.4 is 14.8 Å². The average molecular weight is 481 g/mol. The largest absolute Gasteiger partial charge is 0.488 e. The smallest absolute Gasteiger partial charge is 0.234 e. The zero-order valence-corrected chi connectivity index (χ0v) is 21.5. The van der Waals surface area contributed by atoms with Gasteiger partial charge in [0.05, 0.1) is 17.5 Å². The van der Waals surface area contributed by atoms with E-state index >= 15 is 0 Å². The fraction of sp³-hybridized carbons (Fsp3) is 0.607. The molecular formula is C28H40N4O3. The van der Waals surface area contributed by atoms with Gasteiger partial charge in [-0.15, -0.1) is 5.10 Å². The van der Waals surface area contributed by atoms with Crippen molar-refractivity contribution in [2.75, 3.05) is 25.5 Å². The number of carbonyl (C=O) groups excluding carboxylic acids is 1. The highest BCUT2D eigenvalue weighted by atomic mass is 16.5. The zero-order chi connectivity index (χ0) is 24.6. The quantitative estimate of drug-likeness (QED) is 0.501. The number of aryl methyl sites for hydroxylation is 1. The van der Waals surface area contributed by atoms with E-state index in [0.717, 1.165) is 80.6 Å². The first-order valence-electron chi connectivity index (χ1n) is 13.3. The van der Waals surface area contributed by atoms with Crippen molar-refractivity contribution in [1.29, 1.82) is 0 Å². The molecular weight excluding hydrogens is 440 g/mol. The first-order valence-corrected chi connectivity index (χ1v) is 13.3. The molecule has 190 valence electrons. The first-order chi connectivity index (χ1) is 17.0. The molecule has 2 aliphatic rings. The third kappa shape index (κ3) is 7.17. The fourth-order valence-corrected chi connectivity index (χ4v) is 4.96. The van der Waals surface area contributed by atoms with Gasteiger partial charge < -0.3 is 19.7 Å². The molecule has 1 aromatic carbocycles. The van der Waals surface area contributed by atoms with Gasteiger partial charge in [0.2, 0.25) is 11.8 Å². The van der Waals surface area contributed by atoms with Crippen molar-refractivity contribution < 1.29 is 14.3 Å². The Morgan fingerprint density at radius 2 is 1.77 bits per heavy atom. The van der Waals surface area contributed by atoms with Crippen LogP contribution in [0.1, 0.15) is 77.3 Å². The molecule has 2 heterocycles. The van der Waals surface area contributed by atoms with E-state index in [0.29, 0.717) is 11.6 Å². The molecule has 2 aromatic rings. The van der Waals surface area contributed by atoms with E-state index in [1.807, 2.05) is 18.2 Å². The predicted octanol–water partition coefficient (Wildman–Crippen LogP) is 5.63. The number of hydrogen-bond acceptors (Lipinski definition) is 6. The Morgan fingerprint density at radius 3 is 2.49 bits per heavy atom. The minimum Gasteiger partial charge on any atom is -0.488 e. The number of carbonyl (C=O) groups is 1. The van der Waals surface area contributed by atoms with E-state index < -0.39 is 0 Å². The summed E-state index contributed by atoms with van der Waals surface area (Å²) in [5.41, 5.74) is 3.65. The molecule has 1 saturated carbocycles. The molecule has 0 atom stereocenters. The fourth-order valence-electron chi connectivity index (χ4n) is 4.96. The van der Waals surface area contributed by atoms with Crippen LogP contribution in [0.4, 0.5) is 5.69 Å². The number of benzene rings is 1. The van der Waals surface area contributed by atoms with Crippen LogP contribution in [0.2, 0.25) is 0 Å². The zero-order valence-electron chi connectivity index (χ0n) is 21.5. The lowest BCUT2D eigenvalue weighted by Crippen LogP contribution is -2.35. The molecule has 1 amide bonds. The standard InChI is InChI=1S/C28H40N4O3/c1-4-5-11-25-24(19-28(31-30-25)35-23-14-16-32(3)17-15-23)21-12-13-27(26(18-21)29-20(2)33)34-22-9-7-6-8-10-22/h12-13,18-19,22-23H,4-11,14-17H2,1-3H3,(H,29,33). The molecule has 0 radical (unpaired) electrons. The summed E-state index contributed by atoms with van der Waals surface area (Å²) in [7, 11) is 2.14. The number of ether oxygens (including phenoxy) is 2. The number of anilines is 1. The molecule has 1 N–H and O–H groups in total. The minimum atomic E-state index is -0.110. The summed E-state index contributed by atoms with van der Waals surface area (Å²) < 4.78 is 12.6. The number of piperidine rings is 1. The van der Waals surface area contributed by atoms with Gasteiger partial charge in [-0.2, -0.15) is 5.10 Å². The molecule has 4 rings (SSSR count). The Hall–Kier alpha value is -2.67. The van der Waals surface area contributed by atoms with Crippen molar-refractivity contribution in [2.24, 2.45) is 0 Å². The third-order valence-corrected chi connectivity index (χ3v) is 7.02. The van der Waals surface area contributed by atoms with Crippen LogP contribution in [0.3, 0.4) is 0 Å². The van der Waals surface area contributed by atoms with Crippen molar-refractivity contribution in [3.05, 3.63) is 30.0 Å². The number of likely N-dealkylation sites (tertiary alicyclic amines) is 1. The Morgan fingerprint density at radius 1 is 1.03 bits per heavy atom. The summed E-state index contributed by atoms with van der Waals surface area (Å²) in [5, 5.41) is 12.0. The summed E-state index contributed by atoms with van der Waals surface area (Å²) in [6, 6.07) is 8.07. The SMILES string of the molecule is CCCCc1nnc(OC2CCN(C)CC2)cc1-c1ccc(OC2CCCCC2)c(NC(C)=O)c1. The van der Waals surface area contributed by atoms with Crippen molar-refractivity contribution in [3.63, 3.8) is 0 Å². The second-order valence-corrected chi connectivity index (χ2v) is 10.0. The van der Waals surface area contributed by atoms with Crippen molar-refractivity contribution in [2.45, 2.75) is 90.3 Å². The van der Waals surface area contributed by atoms with Crippen LogP contribution in [0.5, 0.6) is 11.6 Å². The Labute approximate surface area is 209 Å². The van der Waals surface area contributed by atoms with Crippen LogP contribution in [-0.4, -0.2) is 53.3 Å². The predicted molar refractivity (Wildman–Crippen MR) is 139 cm³/mol. The Balaban J connectivity index is 1.62. The van der Waals surface area contributed by atoms with Crippen molar-refractivity contribution in [3.8, 4) is 22.8 Å². The van der Waals surface area contributed by atoms with Gasteiger partial charge in [-0.25, -0.2) is 0 Å². The molecule has 7 nitrogen and oxygen atoms in total. The average Bonchev–Trinajstić information content (AvgIpc) is 2.86. The normalized spacial score (nSPS) is 17.8. The molecule has 0 bridgehead atoms. The highest BCUT2D eigenvalue weighted by molar-refractivity contribution is 5.91. The molecule has 0 unspecified atom stereocenters. The lowest BCUT2D eigenvalue weighted by atomic mass is 9.97. The van der Waals surface area contributed by atoms with Crippen molar-refractivity contribution >= 4 is 11.6 Å². The van der Waals surface area contributed by atoms with Gasteiger partial charge in [0.15, 0.2) is 0 Å². The highest BCUT2D eigenvalue weighted by Gasteiger charge is 2.21. The van der Waals surface area contributed by atoms with Gasteiger partial charge in [0, 0.05) is 31.6 Å². The maximum absolute atomic E-state index is 12.0. The second kappa shape index (κ2) is 12.3. The van der Waals surface area contributed by atoms with Crippen LogP contribution in [-0.2, 0) is 11.2 Å². The number of nitrogens with one attached hydrogen (secondary N) is 1. The third-order valence-electron chi connectivity index (χ3n) is 7.02. The van der Waals surface area contributed by atoms with Crippen LogP contribution in [0.15, 0.2) is 24.3 Å². The number of unbranched alkanes of at least 4 members (excludes halogenated alkanes) is 1. The van der Waals surface area contributed by atoms with Crippen LogP contribution in [0, 0.1) is 0 Å². The lowest BCUT2D eigenvalue weighted by Gasteiger charge is -2.29. The maximum Gasteiger partial charge on any atom is 0.234 e. The van der Waals surface area contributed by atoms with E-state index in [4.69, 9.17) is 9.47 Å². The van der Waals surface area contributed by atoms with Gasteiger partial charge in [0.1, 0.15) is 11.9 Å². The number of amides is 1. The monoisotopic (exact) mass is 480 g/mol. The molecule has 1 aliphatic heterocycles. The Bertz CT molecular complexity index is 982. The van der Waals surface area contributed by atoms with E-state index in [1.54, 1.807) is 0 Å². The van der Waals surface area contributed by atoms with Gasteiger partial charge in [-0.1, -0.05) is 25.8 Å². The molecule has 35 heavy (non-hydrogen) atoms. The summed E-state index contributed by atoms with van der Waals surface area (Å²) in [6.07, 6.45) is 11.1. The summed E-state index contributed by atoms with van der Waals surface area (Å²) in [4.78, 5) is 14.3. The molecule has 2 fully saturated rings. The topological polar surface area (TPSA) is 76.6 Å². The molecule has 7 heteroatoms. The summed E-state index contributed by atoms with van der Waals surface area (Å²) in [6.45, 7) is 5.77. The molecule has 1 aliphatic carbocycles. The van der Waals surface area contributed by atoms with Crippen molar-refractivity contribution in [1.82, 2.24) is 15.1 Å². The number of hydrogen-bond donors (Lipinski definition) is 1. The molecule has 1 aromatic heterocycles. The number of rotatable bonds is 9. The van der Waals surface area contributed by atoms with Gasteiger partial charge in [0.25, 0.3) is 0 Å². The molecule has 0 spiro atoms. The van der Waals surface area contributed by atoms with E-state index in [2.05, 4.69) is 40.5 Å². The highest BCUT2D eigenvalue weighted by Crippen LogP contribution is 2.35. The lowest BCUT2D eigenvalue weighted by molar-refractivity contribution is -0.114. The Kier molecular flexibility index (Phi) is 8.96. The first kappa shape index (κ1) is 25.4. The van der Waals surface area contributed by atoms with Crippen LogP contribution in [0.25, 0.3) is 11.1 Å². The van der Waals surface area contributed by atoms with E-state index in [-0.39, 0.29) is 18.1 Å². The molecule has 1 saturated heterocycles. The van der Waals surface area contributed by atoms with Gasteiger partial charge in [-0.05, 0) is 76.1 Å². The summed E-state index contributed by atoms with van der Waals surface area (Å²) >= 11 is 0.